The Labute approximate surface area is 126 Å². The van der Waals surface area contributed by atoms with E-state index >= 15 is 0 Å². The maximum absolute atomic E-state index is 5.25. The van der Waals surface area contributed by atoms with E-state index < -0.39 is 0 Å². The van der Waals surface area contributed by atoms with Crippen LogP contribution in [0.15, 0.2) is 35.3 Å². The predicted octanol–water partition coefficient (Wildman–Crippen LogP) is 2.01. The molecule has 0 bridgehead atoms. The summed E-state index contributed by atoms with van der Waals surface area (Å²) in [5.74, 6) is 0.800. The van der Waals surface area contributed by atoms with E-state index in [0.29, 0.717) is 6.61 Å². The fourth-order valence-electron chi connectivity index (χ4n) is 1.39. The minimum atomic E-state index is 0. The minimum absolute atomic E-state index is 0. The zero-order chi connectivity index (χ0) is 12.3. The van der Waals surface area contributed by atoms with Gasteiger partial charge in [0.1, 0.15) is 0 Å². The second-order valence-corrected chi connectivity index (χ2v) is 3.54. The van der Waals surface area contributed by atoms with Crippen molar-refractivity contribution >= 4 is 29.9 Å². The van der Waals surface area contributed by atoms with Crippen LogP contribution in [0.1, 0.15) is 12.5 Å². The molecule has 0 spiro atoms. The maximum atomic E-state index is 5.25. The fraction of sp³-hybridized carbons (Fsp3) is 0.462. The third-order valence-corrected chi connectivity index (χ3v) is 2.27. The Balaban J connectivity index is 0.00000289. The summed E-state index contributed by atoms with van der Waals surface area (Å²) in [7, 11) is 1.76. The van der Waals surface area contributed by atoms with E-state index in [1.807, 2.05) is 25.1 Å². The lowest BCUT2D eigenvalue weighted by atomic mass is 10.2. The van der Waals surface area contributed by atoms with E-state index in [1.54, 1.807) is 7.05 Å². The van der Waals surface area contributed by atoms with Crippen LogP contribution in [0.5, 0.6) is 0 Å². The number of benzene rings is 1. The average molecular weight is 363 g/mol. The summed E-state index contributed by atoms with van der Waals surface area (Å²) < 4.78 is 5.25. The zero-order valence-electron chi connectivity index (χ0n) is 11.0. The smallest absolute Gasteiger partial charge is 0.191 e. The van der Waals surface area contributed by atoms with Crippen molar-refractivity contribution in [2.75, 3.05) is 26.8 Å². The summed E-state index contributed by atoms with van der Waals surface area (Å²) in [6.07, 6.45) is 0. The van der Waals surface area contributed by atoms with Gasteiger partial charge in [-0.3, -0.25) is 4.99 Å². The third kappa shape index (κ3) is 7.50. The quantitative estimate of drug-likeness (QED) is 0.352. The van der Waals surface area contributed by atoms with Crippen LogP contribution in [0.25, 0.3) is 0 Å². The average Bonchev–Trinajstić information content (AvgIpc) is 2.39. The van der Waals surface area contributed by atoms with Crippen molar-refractivity contribution in [2.45, 2.75) is 13.5 Å². The van der Waals surface area contributed by atoms with Crippen LogP contribution in [0, 0.1) is 0 Å². The monoisotopic (exact) mass is 363 g/mol. The number of ether oxygens (including phenoxy) is 1. The van der Waals surface area contributed by atoms with E-state index in [9.17, 15) is 0 Å². The van der Waals surface area contributed by atoms with E-state index in [0.717, 1.165) is 25.7 Å². The number of rotatable bonds is 6. The third-order valence-electron chi connectivity index (χ3n) is 2.27. The number of nitrogens with one attached hydrogen (secondary N) is 2. The first-order valence-corrected chi connectivity index (χ1v) is 5.93. The number of hydrogen-bond acceptors (Lipinski definition) is 2. The molecule has 0 aliphatic rings. The summed E-state index contributed by atoms with van der Waals surface area (Å²) in [6, 6.07) is 10.2. The number of hydrogen-bond donors (Lipinski definition) is 2. The molecule has 0 unspecified atom stereocenters. The van der Waals surface area contributed by atoms with Crippen LogP contribution < -0.4 is 10.6 Å². The highest BCUT2D eigenvalue weighted by Gasteiger charge is 1.96. The lowest BCUT2D eigenvalue weighted by molar-refractivity contribution is 0.152. The Morgan fingerprint density at radius 2 is 1.94 bits per heavy atom. The summed E-state index contributed by atoms with van der Waals surface area (Å²) in [5.41, 5.74) is 1.24. The highest BCUT2D eigenvalue weighted by Crippen LogP contribution is 1.96. The molecule has 0 aromatic heterocycles. The lowest BCUT2D eigenvalue weighted by Crippen LogP contribution is -2.38. The number of halogens is 1. The van der Waals surface area contributed by atoms with Crippen molar-refractivity contribution in [1.82, 2.24) is 10.6 Å². The molecule has 0 radical (unpaired) electrons. The molecule has 4 nitrogen and oxygen atoms in total. The normalized spacial score (nSPS) is 10.7. The van der Waals surface area contributed by atoms with Crippen molar-refractivity contribution in [2.24, 2.45) is 4.99 Å². The van der Waals surface area contributed by atoms with E-state index in [4.69, 9.17) is 4.74 Å². The van der Waals surface area contributed by atoms with E-state index in [-0.39, 0.29) is 24.0 Å². The van der Waals surface area contributed by atoms with Crippen LogP contribution in [-0.4, -0.2) is 32.8 Å². The summed E-state index contributed by atoms with van der Waals surface area (Å²) in [6.45, 7) is 4.97. The minimum Gasteiger partial charge on any atom is -0.380 e. The van der Waals surface area contributed by atoms with Crippen molar-refractivity contribution in [3.63, 3.8) is 0 Å². The highest BCUT2D eigenvalue weighted by atomic mass is 127. The van der Waals surface area contributed by atoms with Gasteiger partial charge in [-0.1, -0.05) is 30.3 Å². The molecule has 1 aromatic rings. The SMILES string of the molecule is CCOCCNC(=NC)NCc1ccccc1.I. The van der Waals surface area contributed by atoms with Gasteiger partial charge in [-0.15, -0.1) is 24.0 Å². The van der Waals surface area contributed by atoms with Gasteiger partial charge in [-0.25, -0.2) is 0 Å². The van der Waals surface area contributed by atoms with Crippen molar-refractivity contribution < 1.29 is 4.74 Å². The van der Waals surface area contributed by atoms with E-state index in [1.165, 1.54) is 5.56 Å². The number of guanidine groups is 1. The highest BCUT2D eigenvalue weighted by molar-refractivity contribution is 14.0. The Morgan fingerprint density at radius 3 is 2.56 bits per heavy atom. The van der Waals surface area contributed by atoms with Crippen LogP contribution >= 0.6 is 24.0 Å². The Hall–Kier alpha value is -0.820. The van der Waals surface area contributed by atoms with Crippen LogP contribution in [0.2, 0.25) is 0 Å². The molecular formula is C13H22IN3O. The molecular weight excluding hydrogens is 341 g/mol. The van der Waals surface area contributed by atoms with Gasteiger partial charge < -0.3 is 15.4 Å². The molecule has 18 heavy (non-hydrogen) atoms. The molecule has 5 heteroatoms. The lowest BCUT2D eigenvalue weighted by Gasteiger charge is -2.11. The van der Waals surface area contributed by atoms with Gasteiger partial charge in [-0.05, 0) is 12.5 Å². The summed E-state index contributed by atoms with van der Waals surface area (Å²) in [5, 5.41) is 6.43. The van der Waals surface area contributed by atoms with Crippen molar-refractivity contribution in [1.29, 1.82) is 0 Å². The molecule has 2 N–H and O–H groups in total. The van der Waals surface area contributed by atoms with Crippen molar-refractivity contribution in [3.8, 4) is 0 Å². The molecule has 0 aliphatic heterocycles. The molecule has 0 atom stereocenters. The summed E-state index contributed by atoms with van der Waals surface area (Å²) in [4.78, 5) is 4.14. The first-order chi connectivity index (χ1) is 8.36. The van der Waals surface area contributed by atoms with Gasteiger partial charge >= 0.3 is 0 Å². The standard InChI is InChI=1S/C13H21N3O.HI/c1-3-17-10-9-15-13(14-2)16-11-12-7-5-4-6-8-12;/h4-8H,3,9-11H2,1-2H3,(H2,14,15,16);1H. The van der Waals surface area contributed by atoms with Gasteiger partial charge in [0.05, 0.1) is 6.61 Å². The Morgan fingerprint density at radius 1 is 1.22 bits per heavy atom. The molecule has 102 valence electrons. The predicted molar refractivity (Wildman–Crippen MR) is 86.6 cm³/mol. The van der Waals surface area contributed by atoms with Gasteiger partial charge in [-0.2, -0.15) is 0 Å². The topological polar surface area (TPSA) is 45.6 Å². The first kappa shape index (κ1) is 17.2. The van der Waals surface area contributed by atoms with Crippen LogP contribution in [-0.2, 0) is 11.3 Å². The van der Waals surface area contributed by atoms with Gasteiger partial charge in [0.2, 0.25) is 0 Å². The molecule has 0 fully saturated rings. The van der Waals surface area contributed by atoms with Gasteiger partial charge in [0.15, 0.2) is 5.96 Å². The van der Waals surface area contributed by atoms with Crippen LogP contribution in [0.3, 0.4) is 0 Å². The Bertz CT molecular complexity index is 330. The zero-order valence-corrected chi connectivity index (χ0v) is 13.3. The molecule has 0 amide bonds. The van der Waals surface area contributed by atoms with Gasteiger partial charge in [0.25, 0.3) is 0 Å². The molecule has 1 rings (SSSR count). The molecule has 0 saturated carbocycles. The second-order valence-electron chi connectivity index (χ2n) is 3.54. The van der Waals surface area contributed by atoms with Gasteiger partial charge in [0, 0.05) is 26.7 Å². The first-order valence-electron chi connectivity index (χ1n) is 5.93. The molecule has 0 heterocycles. The van der Waals surface area contributed by atoms with E-state index in [2.05, 4.69) is 27.8 Å². The Kier molecular flexibility index (Phi) is 10.8. The molecule has 0 saturated heterocycles. The van der Waals surface area contributed by atoms with Crippen molar-refractivity contribution in [3.05, 3.63) is 35.9 Å². The number of nitrogens with zero attached hydrogens (tertiary/aromatic N) is 1. The number of aliphatic imine (C=N–C) groups is 1. The second kappa shape index (κ2) is 11.3. The van der Waals surface area contributed by atoms with Crippen LogP contribution in [0.4, 0.5) is 0 Å². The molecule has 0 aliphatic carbocycles. The maximum Gasteiger partial charge on any atom is 0.191 e. The molecule has 1 aromatic carbocycles. The largest absolute Gasteiger partial charge is 0.380 e. The summed E-state index contributed by atoms with van der Waals surface area (Å²) >= 11 is 0. The fourth-order valence-corrected chi connectivity index (χ4v) is 1.39.